The molecule has 0 saturated heterocycles. The van der Waals surface area contributed by atoms with E-state index in [2.05, 4.69) is 18.7 Å². The first kappa shape index (κ1) is 16.7. The van der Waals surface area contributed by atoms with Crippen molar-refractivity contribution in [3.8, 4) is 11.1 Å². The standard InChI is InChI=1S/C24H19F/c1-19(20-8-4-2-5-9-20)12-13-24(18-25)23-16-14-22(15-17-23)21-10-6-3-7-11-21/h2-18H,1H2/b13-12-,24-18+. The molecule has 0 atom stereocenters. The molecule has 0 unspecified atom stereocenters. The first-order valence-electron chi connectivity index (χ1n) is 8.16. The van der Waals surface area contributed by atoms with Gasteiger partial charge in [-0.1, -0.05) is 104 Å². The van der Waals surface area contributed by atoms with Crippen LogP contribution in [-0.4, -0.2) is 0 Å². The van der Waals surface area contributed by atoms with Gasteiger partial charge in [-0.25, -0.2) is 4.39 Å². The van der Waals surface area contributed by atoms with E-state index in [1.54, 1.807) is 6.08 Å². The van der Waals surface area contributed by atoms with Crippen molar-refractivity contribution < 1.29 is 4.39 Å². The topological polar surface area (TPSA) is 0 Å². The van der Waals surface area contributed by atoms with E-state index in [1.165, 1.54) is 0 Å². The molecule has 0 bridgehead atoms. The normalized spacial score (nSPS) is 11.6. The molecule has 0 aliphatic rings. The highest BCUT2D eigenvalue weighted by Crippen LogP contribution is 2.24. The quantitative estimate of drug-likeness (QED) is 0.446. The van der Waals surface area contributed by atoms with Crippen LogP contribution < -0.4 is 0 Å². The fraction of sp³-hybridized carbons (Fsp3) is 0. The summed E-state index contributed by atoms with van der Waals surface area (Å²) in [6.45, 7) is 4.04. The molecule has 0 aromatic heterocycles. The van der Waals surface area contributed by atoms with Gasteiger partial charge in [0.05, 0.1) is 6.33 Å². The van der Waals surface area contributed by atoms with E-state index in [1.807, 2.05) is 78.9 Å². The van der Waals surface area contributed by atoms with Crippen LogP contribution in [0.15, 0.2) is 110 Å². The van der Waals surface area contributed by atoms with Gasteiger partial charge in [-0.05, 0) is 27.8 Å². The van der Waals surface area contributed by atoms with E-state index in [0.29, 0.717) is 11.9 Å². The Hall–Kier alpha value is -3.19. The molecule has 3 aromatic rings. The van der Waals surface area contributed by atoms with Crippen LogP contribution in [0.4, 0.5) is 4.39 Å². The molecule has 3 aromatic carbocycles. The number of hydrogen-bond donors (Lipinski definition) is 0. The molecule has 0 radical (unpaired) electrons. The van der Waals surface area contributed by atoms with Crippen LogP contribution in [-0.2, 0) is 0 Å². The van der Waals surface area contributed by atoms with Crippen LogP contribution in [0.1, 0.15) is 11.1 Å². The molecule has 0 spiro atoms. The molecule has 0 amide bonds. The summed E-state index contributed by atoms with van der Waals surface area (Å²) in [5.41, 5.74) is 5.49. The number of rotatable bonds is 5. The van der Waals surface area contributed by atoms with Crippen molar-refractivity contribution in [3.63, 3.8) is 0 Å². The van der Waals surface area contributed by atoms with Crippen LogP contribution in [0, 0.1) is 0 Å². The van der Waals surface area contributed by atoms with Crippen LogP contribution in [0.2, 0.25) is 0 Å². The first-order chi connectivity index (χ1) is 12.3. The lowest BCUT2D eigenvalue weighted by molar-refractivity contribution is 0.724. The lowest BCUT2D eigenvalue weighted by Gasteiger charge is -2.05. The average Bonchev–Trinajstić information content (AvgIpc) is 2.70. The number of halogens is 1. The maximum absolute atomic E-state index is 13.4. The van der Waals surface area contributed by atoms with E-state index in [-0.39, 0.29) is 0 Å². The van der Waals surface area contributed by atoms with E-state index < -0.39 is 0 Å². The van der Waals surface area contributed by atoms with Gasteiger partial charge in [0.2, 0.25) is 0 Å². The second-order valence-corrected chi connectivity index (χ2v) is 5.73. The van der Waals surface area contributed by atoms with E-state index in [9.17, 15) is 4.39 Å². The van der Waals surface area contributed by atoms with Crippen molar-refractivity contribution in [1.29, 1.82) is 0 Å². The molecule has 0 aliphatic carbocycles. The Kier molecular flexibility index (Phi) is 5.38. The predicted octanol–water partition coefficient (Wildman–Crippen LogP) is 6.93. The van der Waals surface area contributed by atoms with Gasteiger partial charge in [-0.2, -0.15) is 0 Å². The SMILES string of the molecule is C=C(/C=C\C(=C/F)c1ccc(-c2ccccc2)cc1)c1ccccc1. The van der Waals surface area contributed by atoms with Crippen LogP contribution in [0.3, 0.4) is 0 Å². The van der Waals surface area contributed by atoms with Crippen LogP contribution in [0.5, 0.6) is 0 Å². The van der Waals surface area contributed by atoms with Crippen molar-refractivity contribution in [2.75, 3.05) is 0 Å². The monoisotopic (exact) mass is 326 g/mol. The number of benzene rings is 3. The molecular weight excluding hydrogens is 307 g/mol. The Morgan fingerprint density at radius 3 is 1.80 bits per heavy atom. The Labute approximate surface area is 148 Å². The molecule has 0 fully saturated rings. The van der Waals surface area contributed by atoms with Gasteiger partial charge in [0, 0.05) is 5.57 Å². The van der Waals surface area contributed by atoms with Gasteiger partial charge in [0.15, 0.2) is 0 Å². The fourth-order valence-electron chi connectivity index (χ4n) is 2.62. The highest BCUT2D eigenvalue weighted by atomic mass is 19.1. The minimum absolute atomic E-state index is 0.525. The van der Waals surface area contributed by atoms with Crippen molar-refractivity contribution in [1.82, 2.24) is 0 Å². The highest BCUT2D eigenvalue weighted by molar-refractivity contribution is 5.80. The summed E-state index contributed by atoms with van der Waals surface area (Å²) in [4.78, 5) is 0. The van der Waals surface area contributed by atoms with E-state index in [4.69, 9.17) is 0 Å². The molecular formula is C24H19F. The zero-order valence-electron chi connectivity index (χ0n) is 13.9. The van der Waals surface area contributed by atoms with Gasteiger partial charge in [0.25, 0.3) is 0 Å². The Morgan fingerprint density at radius 2 is 1.20 bits per heavy atom. The van der Waals surface area contributed by atoms with Gasteiger partial charge in [-0.3, -0.25) is 0 Å². The van der Waals surface area contributed by atoms with Gasteiger partial charge < -0.3 is 0 Å². The van der Waals surface area contributed by atoms with Gasteiger partial charge in [0.1, 0.15) is 0 Å². The molecule has 0 saturated carbocycles. The molecule has 0 N–H and O–H groups in total. The van der Waals surface area contributed by atoms with Crippen molar-refractivity contribution >= 4 is 11.1 Å². The third-order valence-electron chi connectivity index (χ3n) is 4.05. The fourth-order valence-corrected chi connectivity index (χ4v) is 2.62. The lowest BCUT2D eigenvalue weighted by atomic mass is 10.00. The summed E-state index contributed by atoms with van der Waals surface area (Å²) in [6, 6.07) is 27.9. The second kappa shape index (κ2) is 8.07. The Bertz CT molecular complexity index is 886. The zero-order valence-corrected chi connectivity index (χ0v) is 13.9. The first-order valence-corrected chi connectivity index (χ1v) is 8.16. The van der Waals surface area contributed by atoms with Gasteiger partial charge >= 0.3 is 0 Å². The van der Waals surface area contributed by atoms with Crippen LogP contribution in [0.25, 0.3) is 22.3 Å². The highest BCUT2D eigenvalue weighted by Gasteiger charge is 2.01. The molecule has 0 nitrogen and oxygen atoms in total. The maximum atomic E-state index is 13.4. The Balaban J connectivity index is 1.77. The van der Waals surface area contributed by atoms with Crippen molar-refractivity contribution in [3.05, 3.63) is 121 Å². The third-order valence-corrected chi connectivity index (χ3v) is 4.05. The third kappa shape index (κ3) is 4.21. The summed E-state index contributed by atoms with van der Waals surface area (Å²) in [6.07, 6.45) is 4.23. The number of allylic oxidation sites excluding steroid dienone is 4. The predicted molar refractivity (Wildman–Crippen MR) is 106 cm³/mol. The Morgan fingerprint density at radius 1 is 0.640 bits per heavy atom. The summed E-state index contributed by atoms with van der Waals surface area (Å²) in [5, 5.41) is 0. The summed E-state index contributed by atoms with van der Waals surface area (Å²) in [5.74, 6) is 0. The summed E-state index contributed by atoms with van der Waals surface area (Å²) < 4.78 is 13.4. The number of hydrogen-bond acceptors (Lipinski definition) is 0. The van der Waals surface area contributed by atoms with E-state index >= 15 is 0 Å². The lowest BCUT2D eigenvalue weighted by Crippen LogP contribution is -1.83. The molecule has 1 heteroatoms. The molecule has 0 aliphatic heterocycles. The largest absolute Gasteiger partial charge is 0.215 e. The summed E-state index contributed by atoms with van der Waals surface area (Å²) >= 11 is 0. The second-order valence-electron chi connectivity index (χ2n) is 5.73. The minimum Gasteiger partial charge on any atom is -0.215 e. The summed E-state index contributed by atoms with van der Waals surface area (Å²) in [7, 11) is 0. The molecule has 0 heterocycles. The average molecular weight is 326 g/mol. The van der Waals surface area contributed by atoms with Crippen molar-refractivity contribution in [2.45, 2.75) is 0 Å². The van der Waals surface area contributed by atoms with E-state index in [0.717, 1.165) is 27.8 Å². The molecule has 25 heavy (non-hydrogen) atoms. The smallest absolute Gasteiger partial charge is 0.0945 e. The molecule has 3 rings (SSSR count). The zero-order chi connectivity index (χ0) is 17.5. The van der Waals surface area contributed by atoms with Crippen molar-refractivity contribution in [2.24, 2.45) is 0 Å². The van der Waals surface area contributed by atoms with Crippen LogP contribution >= 0.6 is 0 Å². The maximum Gasteiger partial charge on any atom is 0.0945 e. The molecule has 122 valence electrons. The minimum atomic E-state index is 0.525. The van der Waals surface area contributed by atoms with Gasteiger partial charge in [-0.15, -0.1) is 0 Å².